The first-order chi connectivity index (χ1) is 12.5. The van der Waals surface area contributed by atoms with Crippen LogP contribution in [0.2, 0.25) is 5.02 Å². The van der Waals surface area contributed by atoms with E-state index in [1.807, 2.05) is 67.5 Å². The normalized spacial score (nSPS) is 12.0. The SMILES string of the molecule is CN(C)c1ccc(/C=c2/sc3nc(-c4ccccc4Cl)nn3c2=O)cc1. The highest BCUT2D eigenvalue weighted by Crippen LogP contribution is 2.25. The van der Waals surface area contributed by atoms with E-state index in [-0.39, 0.29) is 5.56 Å². The van der Waals surface area contributed by atoms with Crippen LogP contribution >= 0.6 is 22.9 Å². The third-order valence-electron chi connectivity index (χ3n) is 4.00. The Morgan fingerprint density at radius 1 is 1.12 bits per heavy atom. The Balaban J connectivity index is 1.76. The number of benzene rings is 2. The van der Waals surface area contributed by atoms with E-state index in [1.54, 1.807) is 6.07 Å². The molecule has 0 spiro atoms. The largest absolute Gasteiger partial charge is 0.378 e. The van der Waals surface area contributed by atoms with Crippen molar-refractivity contribution in [1.82, 2.24) is 14.6 Å². The Morgan fingerprint density at radius 2 is 1.85 bits per heavy atom. The summed E-state index contributed by atoms with van der Waals surface area (Å²) in [6.07, 6.45) is 1.86. The lowest BCUT2D eigenvalue weighted by atomic mass is 10.2. The van der Waals surface area contributed by atoms with Gasteiger partial charge in [-0.05, 0) is 35.9 Å². The van der Waals surface area contributed by atoms with Gasteiger partial charge in [0, 0.05) is 25.3 Å². The van der Waals surface area contributed by atoms with E-state index in [4.69, 9.17) is 11.6 Å². The van der Waals surface area contributed by atoms with Gasteiger partial charge in [-0.3, -0.25) is 4.79 Å². The maximum Gasteiger partial charge on any atom is 0.291 e. The van der Waals surface area contributed by atoms with Crippen LogP contribution in [0.4, 0.5) is 5.69 Å². The molecule has 4 aromatic rings. The first-order valence-electron chi connectivity index (χ1n) is 7.96. The molecule has 0 fully saturated rings. The zero-order valence-corrected chi connectivity index (χ0v) is 15.8. The minimum Gasteiger partial charge on any atom is -0.378 e. The van der Waals surface area contributed by atoms with Crippen LogP contribution in [0.15, 0.2) is 53.3 Å². The molecule has 0 radical (unpaired) electrons. The van der Waals surface area contributed by atoms with Crippen molar-refractivity contribution in [3.05, 3.63) is 74.0 Å². The van der Waals surface area contributed by atoms with Crippen molar-refractivity contribution in [2.45, 2.75) is 0 Å². The topological polar surface area (TPSA) is 50.5 Å². The van der Waals surface area contributed by atoms with Gasteiger partial charge >= 0.3 is 0 Å². The number of halogens is 1. The van der Waals surface area contributed by atoms with Gasteiger partial charge in [-0.1, -0.05) is 47.2 Å². The second-order valence-electron chi connectivity index (χ2n) is 6.01. The van der Waals surface area contributed by atoms with E-state index in [0.29, 0.717) is 25.9 Å². The van der Waals surface area contributed by atoms with Gasteiger partial charge < -0.3 is 4.90 Å². The van der Waals surface area contributed by atoms with Gasteiger partial charge in [-0.2, -0.15) is 9.50 Å². The third kappa shape index (κ3) is 2.98. The van der Waals surface area contributed by atoms with Crippen molar-refractivity contribution < 1.29 is 0 Å². The molecule has 130 valence electrons. The zero-order valence-electron chi connectivity index (χ0n) is 14.2. The van der Waals surface area contributed by atoms with Crippen molar-refractivity contribution in [3.63, 3.8) is 0 Å². The van der Waals surface area contributed by atoms with Gasteiger partial charge in [0.1, 0.15) is 0 Å². The number of nitrogens with zero attached hydrogens (tertiary/aromatic N) is 4. The smallest absolute Gasteiger partial charge is 0.291 e. The first-order valence-corrected chi connectivity index (χ1v) is 9.16. The van der Waals surface area contributed by atoms with Crippen LogP contribution in [-0.4, -0.2) is 28.7 Å². The molecule has 7 heteroatoms. The predicted octanol–water partition coefficient (Wildman–Crippen LogP) is 3.09. The van der Waals surface area contributed by atoms with E-state index < -0.39 is 0 Å². The number of fused-ring (bicyclic) bond motifs is 1. The minimum atomic E-state index is -0.174. The predicted molar refractivity (Wildman–Crippen MR) is 107 cm³/mol. The second-order valence-corrected chi connectivity index (χ2v) is 7.43. The van der Waals surface area contributed by atoms with Crippen molar-refractivity contribution in [1.29, 1.82) is 0 Å². The van der Waals surface area contributed by atoms with E-state index in [2.05, 4.69) is 10.1 Å². The summed E-state index contributed by atoms with van der Waals surface area (Å²) in [5, 5.41) is 4.90. The van der Waals surface area contributed by atoms with Crippen molar-refractivity contribution in [2.24, 2.45) is 0 Å². The molecular weight excluding hydrogens is 368 g/mol. The molecule has 0 aliphatic carbocycles. The lowest BCUT2D eigenvalue weighted by Crippen LogP contribution is -2.23. The molecule has 0 unspecified atom stereocenters. The fourth-order valence-corrected chi connectivity index (χ4v) is 3.74. The van der Waals surface area contributed by atoms with Crippen LogP contribution in [0, 0.1) is 0 Å². The van der Waals surface area contributed by atoms with Gasteiger partial charge in [-0.25, -0.2) is 0 Å². The van der Waals surface area contributed by atoms with Crippen LogP contribution in [-0.2, 0) is 0 Å². The van der Waals surface area contributed by atoms with Crippen molar-refractivity contribution >= 4 is 39.7 Å². The van der Waals surface area contributed by atoms with Crippen LogP contribution in [0.3, 0.4) is 0 Å². The van der Waals surface area contributed by atoms with E-state index in [0.717, 1.165) is 11.3 Å². The third-order valence-corrected chi connectivity index (χ3v) is 5.29. The molecule has 5 nitrogen and oxygen atoms in total. The Labute approximate surface area is 158 Å². The molecule has 2 aromatic carbocycles. The number of hydrogen-bond acceptors (Lipinski definition) is 5. The minimum absolute atomic E-state index is 0.174. The number of hydrogen-bond donors (Lipinski definition) is 0. The molecule has 0 saturated heterocycles. The lowest BCUT2D eigenvalue weighted by Gasteiger charge is -2.11. The zero-order chi connectivity index (χ0) is 18.3. The van der Waals surface area contributed by atoms with Crippen LogP contribution in [0.5, 0.6) is 0 Å². The quantitative estimate of drug-likeness (QED) is 0.546. The lowest BCUT2D eigenvalue weighted by molar-refractivity contribution is 0.937. The molecule has 0 atom stereocenters. The number of thiazole rings is 1. The molecular formula is C19H15ClN4OS. The molecule has 0 amide bonds. The second kappa shape index (κ2) is 6.55. The maximum atomic E-state index is 12.6. The highest BCUT2D eigenvalue weighted by atomic mass is 35.5. The fourth-order valence-electron chi connectivity index (χ4n) is 2.61. The average molecular weight is 383 g/mol. The summed E-state index contributed by atoms with van der Waals surface area (Å²) in [6.45, 7) is 0. The van der Waals surface area contributed by atoms with Crippen molar-refractivity contribution in [3.8, 4) is 11.4 Å². The highest BCUT2D eigenvalue weighted by Gasteiger charge is 2.13. The molecule has 0 saturated carbocycles. The van der Waals surface area contributed by atoms with Crippen LogP contribution in [0.1, 0.15) is 5.56 Å². The molecule has 0 N–H and O–H groups in total. The van der Waals surface area contributed by atoms with Gasteiger partial charge in [0.25, 0.3) is 5.56 Å². The van der Waals surface area contributed by atoms with Crippen molar-refractivity contribution in [2.75, 3.05) is 19.0 Å². The monoisotopic (exact) mass is 382 g/mol. The summed E-state index contributed by atoms with van der Waals surface area (Å²) in [5.41, 5.74) is 2.61. The molecule has 0 aliphatic rings. The first kappa shape index (κ1) is 16.8. The van der Waals surface area contributed by atoms with Crippen LogP contribution < -0.4 is 15.0 Å². The van der Waals surface area contributed by atoms with Gasteiger partial charge in [0.05, 0.1) is 9.55 Å². The molecule has 2 aromatic heterocycles. The molecule has 26 heavy (non-hydrogen) atoms. The fraction of sp³-hybridized carbons (Fsp3) is 0.105. The molecule has 2 heterocycles. The van der Waals surface area contributed by atoms with E-state index in [9.17, 15) is 4.79 Å². The number of rotatable bonds is 3. The summed E-state index contributed by atoms with van der Waals surface area (Å²) in [5.74, 6) is 0.459. The summed E-state index contributed by atoms with van der Waals surface area (Å²) in [7, 11) is 3.98. The van der Waals surface area contributed by atoms with Gasteiger partial charge in [0.2, 0.25) is 4.96 Å². The van der Waals surface area contributed by atoms with Crippen LogP contribution in [0.25, 0.3) is 22.4 Å². The molecule has 0 bridgehead atoms. The number of anilines is 1. The molecule has 4 rings (SSSR count). The Hall–Kier alpha value is -2.70. The summed E-state index contributed by atoms with van der Waals surface area (Å²) in [6, 6.07) is 15.3. The van der Waals surface area contributed by atoms with E-state index >= 15 is 0 Å². The maximum absolute atomic E-state index is 12.6. The summed E-state index contributed by atoms with van der Waals surface area (Å²) < 4.78 is 1.94. The summed E-state index contributed by atoms with van der Waals surface area (Å²) >= 11 is 7.51. The van der Waals surface area contributed by atoms with Gasteiger partial charge in [0.15, 0.2) is 5.82 Å². The van der Waals surface area contributed by atoms with E-state index in [1.165, 1.54) is 15.9 Å². The van der Waals surface area contributed by atoms with Gasteiger partial charge in [-0.15, -0.1) is 5.10 Å². The highest BCUT2D eigenvalue weighted by molar-refractivity contribution is 7.15. The Morgan fingerprint density at radius 3 is 2.50 bits per heavy atom. The number of aromatic nitrogens is 3. The molecule has 0 aliphatic heterocycles. The standard InChI is InChI=1S/C19H15ClN4OS/c1-23(2)13-9-7-12(8-10-13)11-16-18(25)24-19(26-16)21-17(22-24)14-5-3-4-6-15(14)20/h3-11H,1-2H3/b16-11+. The Bertz CT molecular complexity index is 1190. The average Bonchev–Trinajstić information content (AvgIpc) is 3.16. The Kier molecular flexibility index (Phi) is 4.22. The summed E-state index contributed by atoms with van der Waals surface area (Å²) in [4.78, 5) is 19.7.